The number of piperidine rings is 1. The van der Waals surface area contributed by atoms with Crippen molar-refractivity contribution >= 4 is 11.6 Å². The van der Waals surface area contributed by atoms with Crippen molar-refractivity contribution in [3.63, 3.8) is 0 Å². The summed E-state index contributed by atoms with van der Waals surface area (Å²) < 4.78 is 23.4. The summed E-state index contributed by atoms with van der Waals surface area (Å²) in [5.41, 5.74) is 5.10. The van der Waals surface area contributed by atoms with E-state index in [4.69, 9.17) is 18.9 Å². The minimum Gasteiger partial charge on any atom is -0.493 e. The van der Waals surface area contributed by atoms with Gasteiger partial charge >= 0.3 is 0 Å². The Morgan fingerprint density at radius 1 is 0.977 bits per heavy atom. The van der Waals surface area contributed by atoms with E-state index in [-0.39, 0.29) is 17.9 Å². The monoisotopic (exact) mass is 583 g/mol. The van der Waals surface area contributed by atoms with Gasteiger partial charge in [0.1, 0.15) is 17.6 Å². The molecule has 2 aliphatic heterocycles. The van der Waals surface area contributed by atoms with Crippen LogP contribution in [0.25, 0.3) is 0 Å². The number of methoxy groups -OCH3 is 1. The summed E-state index contributed by atoms with van der Waals surface area (Å²) in [7, 11) is 1.69. The van der Waals surface area contributed by atoms with Crippen molar-refractivity contribution in [2.45, 2.75) is 50.7 Å². The summed E-state index contributed by atoms with van der Waals surface area (Å²) in [4.78, 5) is 14.6. The third-order valence-corrected chi connectivity index (χ3v) is 8.10. The van der Waals surface area contributed by atoms with Crippen LogP contribution in [0.15, 0.2) is 66.7 Å². The Kier molecular flexibility index (Phi) is 11.0. The highest BCUT2D eigenvalue weighted by Crippen LogP contribution is 2.32. The van der Waals surface area contributed by atoms with Crippen LogP contribution in [0, 0.1) is 11.3 Å². The summed E-state index contributed by atoms with van der Waals surface area (Å²) in [6.07, 6.45) is 3.92. The number of aryl methyl sites for hydroxylation is 1. The van der Waals surface area contributed by atoms with E-state index < -0.39 is 0 Å². The normalized spacial score (nSPS) is 18.1. The minimum absolute atomic E-state index is 0.0458. The Labute approximate surface area is 254 Å². The fourth-order valence-corrected chi connectivity index (χ4v) is 5.80. The van der Waals surface area contributed by atoms with Gasteiger partial charge in [0.15, 0.2) is 0 Å². The molecule has 2 atom stereocenters. The summed E-state index contributed by atoms with van der Waals surface area (Å²) >= 11 is 0. The molecule has 3 aromatic carbocycles. The fourth-order valence-electron chi connectivity index (χ4n) is 5.80. The molecule has 226 valence electrons. The first kappa shape index (κ1) is 30.6. The van der Waals surface area contributed by atoms with Gasteiger partial charge in [0.2, 0.25) is 5.91 Å². The van der Waals surface area contributed by atoms with Crippen molar-refractivity contribution in [1.29, 1.82) is 5.26 Å². The highest BCUT2D eigenvalue weighted by molar-refractivity contribution is 5.96. The highest BCUT2D eigenvalue weighted by atomic mass is 16.5. The van der Waals surface area contributed by atoms with E-state index in [2.05, 4.69) is 41.7 Å². The molecule has 0 aliphatic carbocycles. The smallest absolute Gasteiger partial charge is 0.227 e. The maximum Gasteiger partial charge on any atom is 0.227 e. The second-order valence-electron chi connectivity index (χ2n) is 11.0. The number of nitrogens with one attached hydrogen (secondary N) is 1. The number of amides is 1. The third kappa shape index (κ3) is 8.14. The molecule has 5 rings (SSSR count). The molecule has 0 bridgehead atoms. The van der Waals surface area contributed by atoms with Crippen LogP contribution in [0.2, 0.25) is 0 Å². The van der Waals surface area contributed by atoms with Crippen molar-refractivity contribution in [3.8, 4) is 17.6 Å². The molecule has 0 spiro atoms. The van der Waals surface area contributed by atoms with Crippen LogP contribution in [-0.2, 0) is 27.3 Å². The average Bonchev–Trinajstić information content (AvgIpc) is 3.05. The summed E-state index contributed by atoms with van der Waals surface area (Å²) in [5, 5.41) is 12.7. The Balaban J connectivity index is 1.13. The lowest BCUT2D eigenvalue weighted by molar-refractivity contribution is -0.118. The van der Waals surface area contributed by atoms with Crippen molar-refractivity contribution in [1.82, 2.24) is 5.32 Å². The first-order valence-electron chi connectivity index (χ1n) is 15.2. The molecular formula is C35H41N3O5. The molecule has 3 aromatic rings. The first-order valence-corrected chi connectivity index (χ1v) is 15.2. The largest absolute Gasteiger partial charge is 0.493 e. The van der Waals surface area contributed by atoms with Gasteiger partial charge in [-0.1, -0.05) is 36.4 Å². The van der Waals surface area contributed by atoms with Gasteiger partial charge in [0.25, 0.3) is 0 Å². The predicted octanol–water partition coefficient (Wildman–Crippen LogP) is 5.38. The minimum atomic E-state index is 0.0458. The maximum absolute atomic E-state index is 12.7. The van der Waals surface area contributed by atoms with Gasteiger partial charge in [-0.05, 0) is 72.8 Å². The topological polar surface area (TPSA) is 93.1 Å². The number of anilines is 1. The van der Waals surface area contributed by atoms with Gasteiger partial charge in [-0.25, -0.2) is 0 Å². The zero-order valence-corrected chi connectivity index (χ0v) is 24.9. The molecule has 2 unspecified atom stereocenters. The second kappa shape index (κ2) is 15.5. The molecule has 0 aromatic heterocycles. The number of carbonyl (C=O) groups excluding carboxylic acids is 1. The van der Waals surface area contributed by atoms with Crippen LogP contribution >= 0.6 is 0 Å². The van der Waals surface area contributed by atoms with E-state index >= 15 is 0 Å². The Bertz CT molecular complexity index is 1390. The molecule has 8 heteroatoms. The van der Waals surface area contributed by atoms with Crippen LogP contribution < -0.4 is 19.7 Å². The van der Waals surface area contributed by atoms with Gasteiger partial charge < -0.3 is 29.2 Å². The van der Waals surface area contributed by atoms with Gasteiger partial charge in [-0.2, -0.15) is 5.26 Å². The molecule has 1 amide bonds. The zero-order valence-electron chi connectivity index (χ0n) is 24.9. The number of fused-ring (bicyclic) bond motifs is 1. The van der Waals surface area contributed by atoms with Crippen molar-refractivity contribution in [2.75, 3.05) is 51.5 Å². The molecule has 8 nitrogen and oxygen atoms in total. The van der Waals surface area contributed by atoms with Gasteiger partial charge in [-0.3, -0.25) is 4.79 Å². The second-order valence-corrected chi connectivity index (χ2v) is 11.0. The number of rotatable bonds is 14. The van der Waals surface area contributed by atoms with Gasteiger partial charge in [0.05, 0.1) is 31.5 Å². The Morgan fingerprint density at radius 2 is 1.81 bits per heavy atom. The highest BCUT2D eigenvalue weighted by Gasteiger charge is 2.28. The lowest BCUT2D eigenvalue weighted by Gasteiger charge is -2.33. The van der Waals surface area contributed by atoms with Crippen molar-refractivity contribution in [3.05, 3.63) is 89.0 Å². The lowest BCUT2D eigenvalue weighted by Crippen LogP contribution is -2.41. The van der Waals surface area contributed by atoms with Crippen LogP contribution in [0.4, 0.5) is 5.69 Å². The summed E-state index contributed by atoms with van der Waals surface area (Å²) in [6.45, 7) is 4.57. The number of carbonyl (C=O) groups is 1. The van der Waals surface area contributed by atoms with E-state index in [1.807, 2.05) is 35.2 Å². The average molecular weight is 584 g/mol. The molecule has 2 aliphatic rings. The standard InChI is InChI=1S/C35H41N3O5/c1-40-19-4-18-38-32-22-26(8-9-28(32)12-15-35(38)39)25-43-34-24-37-17-16-31(34)27-10-13-30(14-11-27)41-20-5-21-42-33-7-3-2-6-29(33)23-36/h2-3,6-11,13-14,22,31,34,37H,4-5,12,15-21,24-25H2,1H3. The van der Waals surface area contributed by atoms with Crippen LogP contribution in [-0.4, -0.2) is 58.6 Å². The number of ether oxygens (including phenoxy) is 4. The third-order valence-electron chi connectivity index (χ3n) is 8.10. The molecule has 2 heterocycles. The molecule has 1 fully saturated rings. The van der Waals surface area contributed by atoms with E-state index in [1.54, 1.807) is 13.2 Å². The molecule has 43 heavy (non-hydrogen) atoms. The molecule has 1 saturated heterocycles. The number of nitriles is 1. The van der Waals surface area contributed by atoms with Crippen molar-refractivity contribution in [2.24, 2.45) is 0 Å². The van der Waals surface area contributed by atoms with Gasteiger partial charge in [-0.15, -0.1) is 0 Å². The van der Waals surface area contributed by atoms with Crippen LogP contribution in [0.1, 0.15) is 53.9 Å². The van der Waals surface area contributed by atoms with E-state index in [0.717, 1.165) is 49.4 Å². The number of para-hydroxylation sites is 1. The number of nitrogens with zero attached hydrogens (tertiary/aromatic N) is 2. The SMILES string of the molecule is COCCCN1C(=O)CCc2ccc(COC3CNCCC3c3ccc(OCCCOc4ccccc4C#N)cc3)cc21. The maximum atomic E-state index is 12.7. The quantitative estimate of drug-likeness (QED) is 0.255. The van der Waals surface area contributed by atoms with E-state index in [0.29, 0.717) is 57.1 Å². The Morgan fingerprint density at radius 3 is 2.65 bits per heavy atom. The number of benzene rings is 3. The van der Waals surface area contributed by atoms with Crippen molar-refractivity contribution < 1.29 is 23.7 Å². The van der Waals surface area contributed by atoms with Crippen LogP contribution in [0.3, 0.4) is 0 Å². The summed E-state index contributed by atoms with van der Waals surface area (Å²) in [5.74, 6) is 1.90. The predicted molar refractivity (Wildman–Crippen MR) is 166 cm³/mol. The van der Waals surface area contributed by atoms with Crippen LogP contribution in [0.5, 0.6) is 11.5 Å². The molecule has 0 radical (unpaired) electrons. The first-order chi connectivity index (χ1) is 21.2. The number of hydrogen-bond donors (Lipinski definition) is 1. The molecular weight excluding hydrogens is 542 g/mol. The number of hydrogen-bond acceptors (Lipinski definition) is 7. The molecule has 1 N–H and O–H groups in total. The zero-order chi connectivity index (χ0) is 29.9. The fraction of sp³-hybridized carbons (Fsp3) is 0.429. The van der Waals surface area contributed by atoms with Gasteiger partial charge in [0, 0.05) is 51.3 Å². The molecule has 0 saturated carbocycles. The lowest BCUT2D eigenvalue weighted by atomic mass is 9.87. The van der Waals surface area contributed by atoms with E-state index in [1.165, 1.54) is 11.1 Å². The summed E-state index contributed by atoms with van der Waals surface area (Å²) in [6, 6.07) is 24.2. The van der Waals surface area contributed by atoms with E-state index in [9.17, 15) is 10.1 Å². The Hall–Kier alpha value is -3.90.